The van der Waals surface area contributed by atoms with Crippen LogP contribution in [0.4, 0.5) is 0 Å². The number of nitrogens with zero attached hydrogens (tertiary/aromatic N) is 5. The molecule has 5 rings (SSSR count). The minimum absolute atomic E-state index is 0.135. The first-order chi connectivity index (χ1) is 12.0. The van der Waals surface area contributed by atoms with Crippen LogP contribution in [0.15, 0.2) is 30.9 Å². The third kappa shape index (κ3) is 2.18. The molecule has 0 spiro atoms. The third-order valence-corrected chi connectivity index (χ3v) is 5.76. The summed E-state index contributed by atoms with van der Waals surface area (Å²) in [7, 11) is 1.90. The van der Waals surface area contributed by atoms with E-state index in [0.29, 0.717) is 17.8 Å². The van der Waals surface area contributed by atoms with E-state index in [0.717, 1.165) is 23.3 Å². The highest BCUT2D eigenvalue weighted by molar-refractivity contribution is 5.59. The maximum atomic E-state index is 6.30. The summed E-state index contributed by atoms with van der Waals surface area (Å²) in [5.74, 6) is 1.26. The van der Waals surface area contributed by atoms with Crippen molar-refractivity contribution in [2.75, 3.05) is 6.54 Å². The van der Waals surface area contributed by atoms with Gasteiger partial charge in [-0.2, -0.15) is 5.10 Å². The molecule has 7 nitrogen and oxygen atoms in total. The van der Waals surface area contributed by atoms with Crippen LogP contribution in [0.5, 0.6) is 5.88 Å². The highest BCUT2D eigenvalue weighted by Crippen LogP contribution is 2.51. The van der Waals surface area contributed by atoms with Crippen LogP contribution in [0.1, 0.15) is 20.3 Å². The molecule has 3 aromatic heterocycles. The van der Waals surface area contributed by atoms with Gasteiger partial charge in [0.15, 0.2) is 0 Å². The zero-order valence-electron chi connectivity index (χ0n) is 14.7. The van der Waals surface area contributed by atoms with Crippen molar-refractivity contribution >= 4 is 5.52 Å². The molecule has 0 aromatic carbocycles. The molecule has 1 saturated heterocycles. The van der Waals surface area contributed by atoms with Gasteiger partial charge < -0.3 is 10.1 Å². The Bertz CT molecular complexity index is 942. The van der Waals surface area contributed by atoms with Crippen molar-refractivity contribution in [1.29, 1.82) is 0 Å². The van der Waals surface area contributed by atoms with Crippen LogP contribution < -0.4 is 10.1 Å². The Morgan fingerprint density at radius 2 is 2.16 bits per heavy atom. The molecule has 2 aliphatic rings. The minimum Gasteiger partial charge on any atom is -0.472 e. The lowest BCUT2D eigenvalue weighted by Gasteiger charge is -2.54. The maximum absolute atomic E-state index is 6.30. The molecule has 130 valence electrons. The normalized spacial score (nSPS) is 27.2. The van der Waals surface area contributed by atoms with Gasteiger partial charge in [-0.1, -0.05) is 13.8 Å². The number of fused-ring (bicyclic) bond motifs is 2. The predicted octanol–water partition coefficient (Wildman–Crippen LogP) is 1.90. The van der Waals surface area contributed by atoms with Gasteiger partial charge in [0.1, 0.15) is 6.10 Å². The van der Waals surface area contributed by atoms with E-state index in [2.05, 4.69) is 34.3 Å². The summed E-state index contributed by atoms with van der Waals surface area (Å²) in [6.45, 7) is 5.63. The van der Waals surface area contributed by atoms with E-state index in [1.807, 2.05) is 36.2 Å². The highest BCUT2D eigenvalue weighted by atomic mass is 16.5. The van der Waals surface area contributed by atoms with Crippen LogP contribution in [0.2, 0.25) is 0 Å². The van der Waals surface area contributed by atoms with Gasteiger partial charge in [0.05, 0.1) is 29.8 Å². The number of rotatable bonds is 3. The molecule has 7 heteroatoms. The SMILES string of the molecule is Cn1cc(-c2cn3nc(OC4C5CCNC5C4(C)C)cc3cn2)cn1. The van der Waals surface area contributed by atoms with Crippen molar-refractivity contribution in [1.82, 2.24) is 29.7 Å². The van der Waals surface area contributed by atoms with E-state index in [1.54, 1.807) is 10.9 Å². The summed E-state index contributed by atoms with van der Waals surface area (Å²) in [6, 6.07) is 2.53. The fraction of sp³-hybridized carbons (Fsp3) is 0.500. The van der Waals surface area contributed by atoms with Gasteiger partial charge in [-0.05, 0) is 13.0 Å². The van der Waals surface area contributed by atoms with E-state index in [1.165, 1.54) is 6.42 Å². The quantitative estimate of drug-likeness (QED) is 0.790. The Labute approximate surface area is 146 Å². The molecule has 1 aliphatic heterocycles. The topological polar surface area (TPSA) is 69.3 Å². The molecule has 3 aromatic rings. The summed E-state index contributed by atoms with van der Waals surface area (Å²) in [5, 5.41) is 12.4. The number of aromatic nitrogens is 5. The number of hydrogen-bond donors (Lipinski definition) is 1. The minimum atomic E-state index is 0.135. The molecular weight excluding hydrogens is 316 g/mol. The van der Waals surface area contributed by atoms with Crippen LogP contribution in [0, 0.1) is 11.3 Å². The molecule has 0 bridgehead atoms. The predicted molar refractivity (Wildman–Crippen MR) is 93.3 cm³/mol. The zero-order chi connectivity index (χ0) is 17.2. The average Bonchev–Trinajstić information content (AvgIpc) is 3.29. The average molecular weight is 338 g/mol. The fourth-order valence-corrected chi connectivity index (χ4v) is 4.47. The van der Waals surface area contributed by atoms with E-state index >= 15 is 0 Å². The van der Waals surface area contributed by atoms with Crippen molar-refractivity contribution in [3.63, 3.8) is 0 Å². The van der Waals surface area contributed by atoms with Gasteiger partial charge in [0, 0.05) is 42.2 Å². The molecule has 3 atom stereocenters. The first-order valence-electron chi connectivity index (χ1n) is 8.77. The van der Waals surface area contributed by atoms with E-state index in [9.17, 15) is 0 Å². The molecule has 1 saturated carbocycles. The highest BCUT2D eigenvalue weighted by Gasteiger charge is 2.59. The molecular formula is C18H22N6O. The lowest BCUT2D eigenvalue weighted by Crippen LogP contribution is -2.65. The van der Waals surface area contributed by atoms with Crippen LogP contribution in [0.25, 0.3) is 16.8 Å². The van der Waals surface area contributed by atoms with Crippen molar-refractivity contribution < 1.29 is 4.74 Å². The van der Waals surface area contributed by atoms with Crippen molar-refractivity contribution in [3.8, 4) is 17.1 Å². The van der Waals surface area contributed by atoms with E-state index < -0.39 is 0 Å². The monoisotopic (exact) mass is 338 g/mol. The van der Waals surface area contributed by atoms with Crippen LogP contribution in [-0.4, -0.2) is 43.1 Å². The van der Waals surface area contributed by atoms with Crippen LogP contribution in [0.3, 0.4) is 0 Å². The van der Waals surface area contributed by atoms with E-state index in [-0.39, 0.29) is 11.5 Å². The fourth-order valence-electron chi connectivity index (χ4n) is 4.47. The summed E-state index contributed by atoms with van der Waals surface area (Å²) < 4.78 is 9.90. The molecule has 25 heavy (non-hydrogen) atoms. The number of ether oxygens (including phenoxy) is 1. The van der Waals surface area contributed by atoms with Gasteiger partial charge >= 0.3 is 0 Å². The number of nitrogens with one attached hydrogen (secondary N) is 1. The molecule has 2 fully saturated rings. The lowest BCUT2D eigenvalue weighted by molar-refractivity contribution is -0.0976. The molecule has 1 aliphatic carbocycles. The van der Waals surface area contributed by atoms with Crippen molar-refractivity contribution in [3.05, 3.63) is 30.9 Å². The van der Waals surface area contributed by atoms with Crippen LogP contribution >= 0.6 is 0 Å². The van der Waals surface area contributed by atoms with Crippen molar-refractivity contribution in [2.24, 2.45) is 18.4 Å². The standard InChI is InChI=1S/C18H22N6O/c1-18(2)16-13(4-5-19-16)17(18)25-15-6-12-8-20-14(10-24(12)22-15)11-7-21-23(3)9-11/h6-10,13,16-17,19H,4-5H2,1-3H3. The largest absolute Gasteiger partial charge is 0.472 e. The second-order valence-corrected chi connectivity index (χ2v) is 7.77. The summed E-state index contributed by atoms with van der Waals surface area (Å²) in [4.78, 5) is 4.52. The summed E-state index contributed by atoms with van der Waals surface area (Å²) >= 11 is 0. The Hall–Kier alpha value is -2.41. The molecule has 4 heterocycles. The first kappa shape index (κ1) is 14.9. The zero-order valence-corrected chi connectivity index (χ0v) is 14.7. The molecule has 0 radical (unpaired) electrons. The second-order valence-electron chi connectivity index (χ2n) is 7.77. The van der Waals surface area contributed by atoms with Gasteiger partial charge in [0.2, 0.25) is 5.88 Å². The van der Waals surface area contributed by atoms with Gasteiger partial charge in [0.25, 0.3) is 0 Å². The Balaban J connectivity index is 1.43. The second kappa shape index (κ2) is 5.05. The summed E-state index contributed by atoms with van der Waals surface area (Å²) in [5.41, 5.74) is 2.89. The summed E-state index contributed by atoms with van der Waals surface area (Å²) in [6.07, 6.45) is 8.89. The molecule has 1 N–H and O–H groups in total. The van der Waals surface area contributed by atoms with Gasteiger partial charge in [-0.15, -0.1) is 5.10 Å². The molecule has 3 unspecified atom stereocenters. The maximum Gasteiger partial charge on any atom is 0.234 e. The first-order valence-corrected chi connectivity index (χ1v) is 8.77. The molecule has 0 amide bonds. The number of hydrogen-bond acceptors (Lipinski definition) is 5. The lowest BCUT2D eigenvalue weighted by atomic mass is 9.58. The Kier molecular flexibility index (Phi) is 3.01. The van der Waals surface area contributed by atoms with E-state index in [4.69, 9.17) is 4.74 Å². The van der Waals surface area contributed by atoms with Gasteiger partial charge in [-0.25, -0.2) is 4.52 Å². The smallest absolute Gasteiger partial charge is 0.234 e. The van der Waals surface area contributed by atoms with Gasteiger partial charge in [-0.3, -0.25) is 9.67 Å². The third-order valence-electron chi connectivity index (χ3n) is 5.76. The Morgan fingerprint density at radius 3 is 2.96 bits per heavy atom. The van der Waals surface area contributed by atoms with Crippen molar-refractivity contribution in [2.45, 2.75) is 32.4 Å². The Morgan fingerprint density at radius 1 is 1.28 bits per heavy atom. The van der Waals surface area contributed by atoms with Crippen LogP contribution in [-0.2, 0) is 7.05 Å². The number of aryl methyl sites for hydroxylation is 1.